The maximum absolute atomic E-state index is 11.6. The Morgan fingerprint density at radius 1 is 1.39 bits per heavy atom. The zero-order valence-electron chi connectivity index (χ0n) is 10.1. The van der Waals surface area contributed by atoms with Gasteiger partial charge < -0.3 is 21.1 Å². The molecule has 0 radical (unpaired) electrons. The minimum absolute atomic E-state index is 0.103. The van der Waals surface area contributed by atoms with Gasteiger partial charge in [-0.1, -0.05) is 0 Å². The molecule has 0 spiro atoms. The highest BCUT2D eigenvalue weighted by molar-refractivity contribution is 5.94. The SMILES string of the molecule is COCCNC(=O)CNC(=O)c1ccc(N)cn1. The van der Waals surface area contributed by atoms with Crippen LogP contribution in [0.1, 0.15) is 10.5 Å². The molecule has 0 aliphatic carbocycles. The number of aromatic nitrogens is 1. The van der Waals surface area contributed by atoms with Crippen molar-refractivity contribution in [1.29, 1.82) is 0 Å². The Balaban J connectivity index is 2.32. The van der Waals surface area contributed by atoms with E-state index in [1.807, 2.05) is 0 Å². The zero-order valence-corrected chi connectivity index (χ0v) is 10.1. The van der Waals surface area contributed by atoms with Crippen molar-refractivity contribution in [2.45, 2.75) is 0 Å². The Labute approximate surface area is 105 Å². The van der Waals surface area contributed by atoms with Gasteiger partial charge in [0.2, 0.25) is 5.91 Å². The number of ether oxygens (including phenoxy) is 1. The molecule has 0 saturated carbocycles. The lowest BCUT2D eigenvalue weighted by atomic mass is 10.3. The molecule has 18 heavy (non-hydrogen) atoms. The molecule has 0 atom stereocenters. The summed E-state index contributed by atoms with van der Waals surface area (Å²) in [5, 5.41) is 5.03. The molecule has 1 rings (SSSR count). The van der Waals surface area contributed by atoms with Crippen molar-refractivity contribution in [3.05, 3.63) is 24.0 Å². The maximum Gasteiger partial charge on any atom is 0.270 e. The Morgan fingerprint density at radius 3 is 2.78 bits per heavy atom. The van der Waals surface area contributed by atoms with E-state index in [1.165, 1.54) is 12.3 Å². The van der Waals surface area contributed by atoms with Gasteiger partial charge in [0.05, 0.1) is 25.0 Å². The number of hydrogen-bond acceptors (Lipinski definition) is 5. The highest BCUT2D eigenvalue weighted by atomic mass is 16.5. The lowest BCUT2D eigenvalue weighted by Gasteiger charge is -2.06. The van der Waals surface area contributed by atoms with Gasteiger partial charge in [-0.2, -0.15) is 0 Å². The van der Waals surface area contributed by atoms with E-state index in [-0.39, 0.29) is 18.1 Å². The first kappa shape index (κ1) is 13.9. The highest BCUT2D eigenvalue weighted by Gasteiger charge is 2.08. The number of amides is 2. The normalized spacial score (nSPS) is 9.83. The van der Waals surface area contributed by atoms with Gasteiger partial charge in [-0.15, -0.1) is 0 Å². The Bertz CT molecular complexity index is 405. The lowest BCUT2D eigenvalue weighted by molar-refractivity contribution is -0.120. The van der Waals surface area contributed by atoms with Gasteiger partial charge in [0.1, 0.15) is 5.69 Å². The summed E-state index contributed by atoms with van der Waals surface area (Å²) in [6.07, 6.45) is 1.38. The quantitative estimate of drug-likeness (QED) is 0.572. The van der Waals surface area contributed by atoms with Gasteiger partial charge in [-0.05, 0) is 12.1 Å². The van der Waals surface area contributed by atoms with Crippen LogP contribution in [-0.2, 0) is 9.53 Å². The third-order valence-electron chi connectivity index (χ3n) is 2.06. The highest BCUT2D eigenvalue weighted by Crippen LogP contribution is 2.00. The summed E-state index contributed by atoms with van der Waals surface area (Å²) in [6.45, 7) is 0.735. The van der Waals surface area contributed by atoms with Crippen molar-refractivity contribution in [2.75, 3.05) is 32.5 Å². The van der Waals surface area contributed by atoms with Crippen molar-refractivity contribution >= 4 is 17.5 Å². The maximum atomic E-state index is 11.6. The van der Waals surface area contributed by atoms with Gasteiger partial charge in [-0.3, -0.25) is 9.59 Å². The number of carbonyl (C=O) groups excluding carboxylic acids is 2. The third-order valence-corrected chi connectivity index (χ3v) is 2.06. The number of methoxy groups -OCH3 is 1. The van der Waals surface area contributed by atoms with Gasteiger partial charge in [0.25, 0.3) is 5.91 Å². The average Bonchev–Trinajstić information content (AvgIpc) is 2.37. The number of anilines is 1. The standard InChI is InChI=1S/C11H16N4O3/c1-18-5-4-13-10(16)7-15-11(17)9-3-2-8(12)6-14-9/h2-3,6H,4-5,7,12H2,1H3,(H,13,16)(H,15,17). The van der Waals surface area contributed by atoms with Gasteiger partial charge in [-0.25, -0.2) is 4.98 Å². The summed E-state index contributed by atoms with van der Waals surface area (Å²) < 4.78 is 4.77. The number of hydrogen-bond donors (Lipinski definition) is 3. The van der Waals surface area contributed by atoms with Crippen molar-refractivity contribution < 1.29 is 14.3 Å². The predicted molar refractivity (Wildman–Crippen MR) is 65.9 cm³/mol. The first-order valence-electron chi connectivity index (χ1n) is 5.39. The molecule has 0 aromatic carbocycles. The molecule has 0 unspecified atom stereocenters. The van der Waals surface area contributed by atoms with Crippen molar-refractivity contribution in [3.8, 4) is 0 Å². The van der Waals surface area contributed by atoms with E-state index >= 15 is 0 Å². The largest absolute Gasteiger partial charge is 0.397 e. The molecule has 7 nitrogen and oxygen atoms in total. The van der Waals surface area contributed by atoms with Crippen LogP contribution in [0.5, 0.6) is 0 Å². The monoisotopic (exact) mass is 252 g/mol. The van der Waals surface area contributed by atoms with E-state index in [0.29, 0.717) is 18.8 Å². The van der Waals surface area contributed by atoms with E-state index in [1.54, 1.807) is 13.2 Å². The van der Waals surface area contributed by atoms with Crippen LogP contribution >= 0.6 is 0 Å². The molecule has 4 N–H and O–H groups in total. The molecule has 0 aliphatic rings. The second-order valence-electron chi connectivity index (χ2n) is 3.50. The number of nitrogens with zero attached hydrogens (tertiary/aromatic N) is 1. The summed E-state index contributed by atoms with van der Waals surface area (Å²) in [5.74, 6) is -0.701. The fourth-order valence-corrected chi connectivity index (χ4v) is 1.15. The number of carbonyl (C=O) groups is 2. The van der Waals surface area contributed by atoms with E-state index in [9.17, 15) is 9.59 Å². The summed E-state index contributed by atoms with van der Waals surface area (Å²) in [5.41, 5.74) is 6.14. The van der Waals surface area contributed by atoms with Crippen LogP contribution in [0.4, 0.5) is 5.69 Å². The Hall–Kier alpha value is -2.15. The zero-order chi connectivity index (χ0) is 13.4. The second kappa shape index (κ2) is 7.23. The van der Waals surface area contributed by atoms with E-state index < -0.39 is 5.91 Å². The number of nitrogens with one attached hydrogen (secondary N) is 2. The fraction of sp³-hybridized carbons (Fsp3) is 0.364. The molecule has 0 bridgehead atoms. The first-order valence-corrected chi connectivity index (χ1v) is 5.39. The van der Waals surface area contributed by atoms with E-state index in [2.05, 4.69) is 15.6 Å². The second-order valence-corrected chi connectivity index (χ2v) is 3.50. The minimum Gasteiger partial charge on any atom is -0.397 e. The third kappa shape index (κ3) is 4.79. The van der Waals surface area contributed by atoms with Gasteiger partial charge >= 0.3 is 0 Å². The summed E-state index contributed by atoms with van der Waals surface area (Å²) in [6, 6.07) is 3.06. The Kier molecular flexibility index (Phi) is 5.59. The number of nitrogen functional groups attached to an aromatic ring is 1. The first-order chi connectivity index (χ1) is 8.63. The van der Waals surface area contributed by atoms with Crippen LogP contribution < -0.4 is 16.4 Å². The summed E-state index contributed by atoms with van der Waals surface area (Å²) in [4.78, 5) is 26.7. The molecular formula is C11H16N4O3. The molecule has 7 heteroatoms. The lowest BCUT2D eigenvalue weighted by Crippen LogP contribution is -2.38. The molecule has 0 saturated heterocycles. The smallest absolute Gasteiger partial charge is 0.270 e. The van der Waals surface area contributed by atoms with Crippen molar-refractivity contribution in [3.63, 3.8) is 0 Å². The molecule has 2 amide bonds. The molecule has 0 fully saturated rings. The van der Waals surface area contributed by atoms with Crippen LogP contribution in [-0.4, -0.2) is 43.6 Å². The average molecular weight is 252 g/mol. The topological polar surface area (TPSA) is 106 Å². The predicted octanol–water partition coefficient (Wildman–Crippen LogP) is -0.844. The van der Waals surface area contributed by atoms with Crippen LogP contribution in [0.15, 0.2) is 18.3 Å². The fourth-order valence-electron chi connectivity index (χ4n) is 1.15. The van der Waals surface area contributed by atoms with Crippen LogP contribution in [0.25, 0.3) is 0 Å². The van der Waals surface area contributed by atoms with Crippen LogP contribution in [0.2, 0.25) is 0 Å². The minimum atomic E-state index is -0.420. The van der Waals surface area contributed by atoms with Crippen LogP contribution in [0, 0.1) is 0 Å². The summed E-state index contributed by atoms with van der Waals surface area (Å²) >= 11 is 0. The summed E-state index contributed by atoms with van der Waals surface area (Å²) in [7, 11) is 1.54. The molecular weight excluding hydrogens is 236 g/mol. The molecule has 0 aliphatic heterocycles. The molecule has 1 aromatic heterocycles. The number of rotatable bonds is 6. The molecule has 98 valence electrons. The van der Waals surface area contributed by atoms with E-state index in [0.717, 1.165) is 0 Å². The molecule has 1 heterocycles. The molecule has 1 aromatic rings. The number of nitrogens with two attached hydrogens (primary N) is 1. The van der Waals surface area contributed by atoms with Crippen molar-refractivity contribution in [2.24, 2.45) is 0 Å². The van der Waals surface area contributed by atoms with E-state index in [4.69, 9.17) is 10.5 Å². The van der Waals surface area contributed by atoms with Crippen LogP contribution in [0.3, 0.4) is 0 Å². The van der Waals surface area contributed by atoms with Crippen molar-refractivity contribution in [1.82, 2.24) is 15.6 Å². The van der Waals surface area contributed by atoms with Gasteiger partial charge in [0.15, 0.2) is 0 Å². The Morgan fingerprint density at radius 2 is 2.17 bits per heavy atom. The number of pyridine rings is 1. The van der Waals surface area contributed by atoms with Gasteiger partial charge in [0, 0.05) is 13.7 Å².